The van der Waals surface area contributed by atoms with Crippen molar-refractivity contribution in [3.8, 4) is 11.1 Å². The van der Waals surface area contributed by atoms with Crippen molar-refractivity contribution in [3.05, 3.63) is 54.5 Å². The van der Waals surface area contributed by atoms with Crippen LogP contribution in [0.15, 0.2) is 53.7 Å². The topological polar surface area (TPSA) is 58.9 Å². The van der Waals surface area contributed by atoms with Crippen molar-refractivity contribution in [2.24, 2.45) is 0 Å². The van der Waals surface area contributed by atoms with Gasteiger partial charge in [0.25, 0.3) is 5.91 Å². The largest absolute Gasteiger partial charge is 0.378 e. The van der Waals surface area contributed by atoms with Gasteiger partial charge in [-0.1, -0.05) is 12.1 Å². The summed E-state index contributed by atoms with van der Waals surface area (Å²) in [6.45, 7) is 2.41. The van der Waals surface area contributed by atoms with Crippen LogP contribution in [0.2, 0.25) is 0 Å². The average Bonchev–Trinajstić information content (AvgIpc) is 3.12. The molecule has 1 saturated heterocycles. The van der Waals surface area contributed by atoms with Gasteiger partial charge in [-0.3, -0.25) is 13.9 Å². The molecule has 2 aromatic heterocycles. The first-order chi connectivity index (χ1) is 12.8. The Kier molecular flexibility index (Phi) is 4.92. The number of nitrogens with one attached hydrogen (secondary N) is 1. The first-order valence-corrected chi connectivity index (χ1v) is 9.36. The van der Waals surface area contributed by atoms with Gasteiger partial charge in [-0.05, 0) is 54.4 Å². The van der Waals surface area contributed by atoms with E-state index in [0.29, 0.717) is 32.0 Å². The molecule has 134 valence electrons. The number of imidazole rings is 1. The number of ether oxygens (including phenoxy) is 1. The minimum absolute atomic E-state index is 0.00237. The smallest absolute Gasteiger partial charge is 0.272 e. The van der Waals surface area contributed by atoms with E-state index in [1.54, 1.807) is 18.1 Å². The third-order valence-electron chi connectivity index (χ3n) is 4.41. The fraction of sp³-hybridized carbons (Fsp3) is 0.263. The van der Waals surface area contributed by atoms with Gasteiger partial charge in [0.05, 0.1) is 19.4 Å². The van der Waals surface area contributed by atoms with Crippen LogP contribution in [-0.2, 0) is 4.74 Å². The maximum atomic E-state index is 12.9. The molecule has 26 heavy (non-hydrogen) atoms. The van der Waals surface area contributed by atoms with E-state index >= 15 is 0 Å². The third kappa shape index (κ3) is 3.33. The molecule has 0 radical (unpaired) electrons. The average molecular weight is 368 g/mol. The minimum atomic E-state index is -0.00237. The molecule has 0 spiro atoms. The fourth-order valence-electron chi connectivity index (χ4n) is 3.09. The predicted molar refractivity (Wildman–Crippen MR) is 102 cm³/mol. The number of nitrogens with zero attached hydrogens (tertiary/aromatic N) is 3. The molecule has 1 aliphatic rings. The summed E-state index contributed by atoms with van der Waals surface area (Å²) in [7, 11) is 1.90. The van der Waals surface area contributed by atoms with Crippen LogP contribution in [0.3, 0.4) is 0 Å². The second kappa shape index (κ2) is 7.49. The summed E-state index contributed by atoms with van der Waals surface area (Å²) in [5.41, 5.74) is 3.51. The first kappa shape index (κ1) is 17.1. The molecule has 4 rings (SSSR count). The van der Waals surface area contributed by atoms with Crippen LogP contribution in [0, 0.1) is 0 Å². The number of hydrogen-bond donors (Lipinski definition) is 1. The molecule has 0 atom stereocenters. The minimum Gasteiger partial charge on any atom is -0.378 e. The number of benzene rings is 1. The molecular weight excluding hydrogens is 348 g/mol. The Labute approximate surface area is 156 Å². The van der Waals surface area contributed by atoms with E-state index in [9.17, 15) is 4.79 Å². The van der Waals surface area contributed by atoms with Crippen molar-refractivity contribution >= 4 is 23.5 Å². The van der Waals surface area contributed by atoms with Gasteiger partial charge in [0.15, 0.2) is 0 Å². The molecule has 3 heterocycles. The van der Waals surface area contributed by atoms with Crippen LogP contribution in [-0.4, -0.2) is 53.5 Å². The van der Waals surface area contributed by atoms with Crippen molar-refractivity contribution in [3.63, 3.8) is 0 Å². The van der Waals surface area contributed by atoms with Gasteiger partial charge >= 0.3 is 0 Å². The zero-order valence-corrected chi connectivity index (χ0v) is 15.3. The number of amides is 1. The van der Waals surface area contributed by atoms with Crippen LogP contribution in [0.25, 0.3) is 16.8 Å². The van der Waals surface area contributed by atoms with Crippen molar-refractivity contribution in [2.45, 2.75) is 4.90 Å². The maximum Gasteiger partial charge on any atom is 0.272 e. The molecule has 0 bridgehead atoms. The number of pyridine rings is 1. The van der Waals surface area contributed by atoms with Gasteiger partial charge in [-0.2, -0.15) is 0 Å². The van der Waals surface area contributed by atoms with E-state index in [-0.39, 0.29) is 5.91 Å². The highest BCUT2D eigenvalue weighted by Crippen LogP contribution is 2.25. The fourth-order valence-corrected chi connectivity index (χ4v) is 3.66. The summed E-state index contributed by atoms with van der Waals surface area (Å²) in [5, 5.41) is 0. The number of morpholine rings is 1. The Morgan fingerprint density at radius 3 is 2.85 bits per heavy atom. The van der Waals surface area contributed by atoms with Crippen molar-refractivity contribution in [1.82, 2.24) is 19.0 Å². The van der Waals surface area contributed by atoms with E-state index in [1.165, 1.54) is 0 Å². The third-order valence-corrected chi connectivity index (χ3v) is 5.10. The Hall–Kier alpha value is -2.35. The van der Waals surface area contributed by atoms with Crippen LogP contribution in [0.1, 0.15) is 10.5 Å². The summed E-state index contributed by atoms with van der Waals surface area (Å²) >= 11 is 1.57. The molecule has 1 aromatic carbocycles. The molecule has 1 N–H and O–H groups in total. The highest BCUT2D eigenvalue weighted by molar-refractivity contribution is 7.97. The standard InChI is InChI=1S/C19H20N4O2S/c1-20-26-16-4-2-3-14(11-16)15-5-6-18-21-12-17(23(18)13-15)19(24)22-7-9-25-10-8-22/h2-6,11-13,20H,7-10H2,1H3. The number of carbonyl (C=O) groups excluding carboxylic acids is 1. The maximum absolute atomic E-state index is 12.9. The van der Waals surface area contributed by atoms with Crippen molar-refractivity contribution in [2.75, 3.05) is 33.4 Å². The van der Waals surface area contributed by atoms with Gasteiger partial charge < -0.3 is 9.64 Å². The lowest BCUT2D eigenvalue weighted by Crippen LogP contribution is -2.41. The normalized spacial score (nSPS) is 14.7. The number of aromatic nitrogens is 2. The summed E-state index contributed by atoms with van der Waals surface area (Å²) in [6.07, 6.45) is 3.64. The van der Waals surface area contributed by atoms with Crippen LogP contribution in [0.4, 0.5) is 0 Å². The van der Waals surface area contributed by atoms with E-state index in [1.807, 2.05) is 40.7 Å². The van der Waals surface area contributed by atoms with Gasteiger partial charge in [0.1, 0.15) is 11.3 Å². The Morgan fingerprint density at radius 2 is 2.04 bits per heavy atom. The molecule has 1 aliphatic heterocycles. The summed E-state index contributed by atoms with van der Waals surface area (Å²) in [5.74, 6) is -0.00237. The zero-order valence-electron chi connectivity index (χ0n) is 14.5. The molecular formula is C19H20N4O2S. The van der Waals surface area contributed by atoms with Crippen molar-refractivity contribution < 1.29 is 9.53 Å². The highest BCUT2D eigenvalue weighted by atomic mass is 32.2. The summed E-state index contributed by atoms with van der Waals surface area (Å²) < 4.78 is 10.3. The molecule has 0 saturated carbocycles. The van der Waals surface area contributed by atoms with Gasteiger partial charge in [-0.25, -0.2) is 4.98 Å². The lowest BCUT2D eigenvalue weighted by Gasteiger charge is -2.26. The highest BCUT2D eigenvalue weighted by Gasteiger charge is 2.21. The molecule has 7 heteroatoms. The van der Waals surface area contributed by atoms with Crippen LogP contribution in [0.5, 0.6) is 0 Å². The molecule has 3 aromatic rings. The van der Waals surface area contributed by atoms with Crippen molar-refractivity contribution in [1.29, 1.82) is 0 Å². The Bertz CT molecular complexity index is 934. The van der Waals surface area contributed by atoms with E-state index in [2.05, 4.69) is 27.9 Å². The summed E-state index contributed by atoms with van der Waals surface area (Å²) in [6, 6.07) is 12.3. The first-order valence-electron chi connectivity index (χ1n) is 8.54. The molecule has 1 fully saturated rings. The molecule has 0 aliphatic carbocycles. The summed E-state index contributed by atoms with van der Waals surface area (Å²) in [4.78, 5) is 20.2. The van der Waals surface area contributed by atoms with E-state index < -0.39 is 0 Å². The molecule has 6 nitrogen and oxygen atoms in total. The monoisotopic (exact) mass is 368 g/mol. The van der Waals surface area contributed by atoms with Crippen LogP contribution >= 0.6 is 11.9 Å². The van der Waals surface area contributed by atoms with Gasteiger partial charge in [0.2, 0.25) is 0 Å². The molecule has 1 amide bonds. The lowest BCUT2D eigenvalue weighted by molar-refractivity contribution is 0.0298. The van der Waals surface area contributed by atoms with Crippen LogP contribution < -0.4 is 4.72 Å². The Balaban J connectivity index is 1.70. The SMILES string of the molecule is CNSc1cccc(-c2ccc3ncc(C(=O)N4CCOCC4)n3c2)c1. The number of carbonyl (C=O) groups is 1. The second-order valence-electron chi connectivity index (χ2n) is 6.03. The van der Waals surface area contributed by atoms with Gasteiger partial charge in [-0.15, -0.1) is 0 Å². The zero-order chi connectivity index (χ0) is 17.9. The van der Waals surface area contributed by atoms with E-state index in [4.69, 9.17) is 4.74 Å². The predicted octanol–water partition coefficient (Wildman–Crippen LogP) is 2.70. The van der Waals surface area contributed by atoms with Gasteiger partial charge in [0, 0.05) is 24.2 Å². The lowest BCUT2D eigenvalue weighted by atomic mass is 10.1. The Morgan fingerprint density at radius 1 is 1.19 bits per heavy atom. The number of fused-ring (bicyclic) bond motifs is 1. The number of hydrogen-bond acceptors (Lipinski definition) is 5. The van der Waals surface area contributed by atoms with E-state index in [0.717, 1.165) is 21.7 Å². The second-order valence-corrected chi connectivity index (χ2v) is 7.11. The molecule has 0 unspecified atom stereocenters. The number of rotatable bonds is 4. The quantitative estimate of drug-likeness (QED) is 0.718.